The van der Waals surface area contributed by atoms with Gasteiger partial charge >= 0.3 is 0 Å². The van der Waals surface area contributed by atoms with E-state index in [2.05, 4.69) is 15.4 Å². The summed E-state index contributed by atoms with van der Waals surface area (Å²) in [6.07, 6.45) is 0. The molecule has 0 saturated heterocycles. The molecule has 0 aliphatic rings. The number of hydrogen-bond donors (Lipinski definition) is 1. The topological polar surface area (TPSA) is 78.3 Å². The zero-order chi connectivity index (χ0) is 22.5. The van der Waals surface area contributed by atoms with Crippen LogP contribution in [0.1, 0.15) is 21.5 Å². The van der Waals surface area contributed by atoms with E-state index < -0.39 is 0 Å². The summed E-state index contributed by atoms with van der Waals surface area (Å²) in [5, 5.41) is 7.78. The third-order valence-corrected chi connectivity index (χ3v) is 5.13. The Morgan fingerprint density at radius 1 is 0.906 bits per heavy atom. The van der Waals surface area contributed by atoms with Gasteiger partial charge in [0.05, 0.1) is 14.2 Å². The first kappa shape index (κ1) is 21.1. The quantitative estimate of drug-likeness (QED) is 0.465. The third-order valence-electron chi connectivity index (χ3n) is 5.13. The van der Waals surface area contributed by atoms with Gasteiger partial charge in [0, 0.05) is 17.7 Å². The van der Waals surface area contributed by atoms with E-state index in [0.29, 0.717) is 23.9 Å². The van der Waals surface area contributed by atoms with Crippen LogP contribution in [-0.2, 0) is 6.54 Å². The fraction of sp³-hybridized carbons (Fsp3) is 0.160. The van der Waals surface area contributed by atoms with Crippen LogP contribution in [0.15, 0.2) is 72.8 Å². The zero-order valence-electron chi connectivity index (χ0n) is 18.2. The molecule has 4 rings (SSSR count). The maximum atomic E-state index is 13.3. The van der Waals surface area contributed by atoms with Gasteiger partial charge in [-0.05, 0) is 60.5 Å². The lowest BCUT2D eigenvalue weighted by Crippen LogP contribution is -2.18. The molecule has 0 radical (unpaired) electrons. The average Bonchev–Trinajstić information content (AvgIpc) is 3.27. The smallest absolute Gasteiger partial charge is 0.281 e. The summed E-state index contributed by atoms with van der Waals surface area (Å²) in [4.78, 5) is 17.9. The van der Waals surface area contributed by atoms with Crippen molar-refractivity contribution >= 4 is 11.9 Å². The molecular weight excluding hydrogens is 404 g/mol. The molecule has 0 amide bonds. The number of aryl methyl sites for hydroxylation is 1. The Kier molecular flexibility index (Phi) is 6.17. The SMILES string of the molecule is COc1ccc(CNc2nc(-c3ccc(OC)cc3)nn2C(=O)c2ccccc2C)cc1. The molecule has 1 N–H and O–H groups in total. The van der Waals surface area contributed by atoms with Crippen molar-refractivity contribution < 1.29 is 14.3 Å². The van der Waals surface area contributed by atoms with Crippen LogP contribution in [0.2, 0.25) is 0 Å². The fourth-order valence-corrected chi connectivity index (χ4v) is 3.28. The van der Waals surface area contributed by atoms with E-state index in [1.165, 1.54) is 4.68 Å². The summed E-state index contributed by atoms with van der Waals surface area (Å²) in [5.74, 6) is 2.11. The lowest BCUT2D eigenvalue weighted by Gasteiger charge is -2.09. The summed E-state index contributed by atoms with van der Waals surface area (Å²) in [6.45, 7) is 2.38. The van der Waals surface area contributed by atoms with Gasteiger partial charge in [-0.15, -0.1) is 5.10 Å². The highest BCUT2D eigenvalue weighted by Crippen LogP contribution is 2.23. The molecule has 162 valence electrons. The molecule has 0 atom stereocenters. The molecule has 1 aromatic heterocycles. The molecule has 4 aromatic rings. The standard InChI is InChI=1S/C25H24N4O3/c1-17-6-4-5-7-22(17)24(30)29-25(26-16-18-8-12-20(31-2)13-9-18)27-23(28-29)19-10-14-21(32-3)15-11-19/h4-15H,16H2,1-3H3,(H,26,27,28). The van der Waals surface area contributed by atoms with Crippen LogP contribution < -0.4 is 14.8 Å². The Balaban J connectivity index is 1.67. The van der Waals surface area contributed by atoms with Crippen molar-refractivity contribution in [3.8, 4) is 22.9 Å². The van der Waals surface area contributed by atoms with Crippen molar-refractivity contribution in [1.29, 1.82) is 0 Å². The third kappa shape index (κ3) is 4.46. The number of anilines is 1. The second-order valence-corrected chi connectivity index (χ2v) is 7.22. The predicted molar refractivity (Wildman–Crippen MR) is 123 cm³/mol. The van der Waals surface area contributed by atoms with E-state index >= 15 is 0 Å². The van der Waals surface area contributed by atoms with E-state index in [0.717, 1.165) is 28.2 Å². The number of carbonyl (C=O) groups excluding carboxylic acids is 1. The van der Waals surface area contributed by atoms with E-state index in [4.69, 9.17) is 9.47 Å². The summed E-state index contributed by atoms with van der Waals surface area (Å²) >= 11 is 0. The highest BCUT2D eigenvalue weighted by Gasteiger charge is 2.20. The van der Waals surface area contributed by atoms with Crippen LogP contribution in [0.25, 0.3) is 11.4 Å². The van der Waals surface area contributed by atoms with Gasteiger partial charge in [-0.3, -0.25) is 4.79 Å². The van der Waals surface area contributed by atoms with Crippen molar-refractivity contribution in [3.05, 3.63) is 89.5 Å². The number of carbonyl (C=O) groups is 1. The molecule has 0 spiro atoms. The van der Waals surface area contributed by atoms with Gasteiger partial charge in [0.1, 0.15) is 11.5 Å². The van der Waals surface area contributed by atoms with Crippen LogP contribution >= 0.6 is 0 Å². The van der Waals surface area contributed by atoms with Crippen molar-refractivity contribution in [2.45, 2.75) is 13.5 Å². The Bertz CT molecular complexity index is 1210. The Morgan fingerprint density at radius 3 is 2.16 bits per heavy atom. The van der Waals surface area contributed by atoms with Crippen molar-refractivity contribution in [1.82, 2.24) is 14.8 Å². The molecule has 0 aliphatic heterocycles. The molecule has 0 aliphatic carbocycles. The van der Waals surface area contributed by atoms with E-state index in [1.54, 1.807) is 20.3 Å². The van der Waals surface area contributed by atoms with Gasteiger partial charge < -0.3 is 14.8 Å². The normalized spacial score (nSPS) is 10.6. The van der Waals surface area contributed by atoms with E-state index in [1.807, 2.05) is 73.7 Å². The number of rotatable bonds is 7. The zero-order valence-corrected chi connectivity index (χ0v) is 18.2. The molecule has 0 bridgehead atoms. The fourth-order valence-electron chi connectivity index (χ4n) is 3.28. The molecule has 7 heteroatoms. The van der Waals surface area contributed by atoms with Gasteiger partial charge in [0.15, 0.2) is 5.82 Å². The molecule has 0 fully saturated rings. The van der Waals surface area contributed by atoms with Crippen molar-refractivity contribution in [2.75, 3.05) is 19.5 Å². The minimum absolute atomic E-state index is 0.243. The first-order chi connectivity index (χ1) is 15.6. The number of ether oxygens (including phenoxy) is 2. The largest absolute Gasteiger partial charge is 0.497 e. The van der Waals surface area contributed by atoms with Crippen LogP contribution in [0, 0.1) is 6.92 Å². The van der Waals surface area contributed by atoms with Crippen LogP contribution in [0.3, 0.4) is 0 Å². The molecule has 3 aromatic carbocycles. The highest BCUT2D eigenvalue weighted by atomic mass is 16.5. The highest BCUT2D eigenvalue weighted by molar-refractivity contribution is 5.98. The Morgan fingerprint density at radius 2 is 1.53 bits per heavy atom. The first-order valence-electron chi connectivity index (χ1n) is 10.2. The number of nitrogens with one attached hydrogen (secondary N) is 1. The minimum Gasteiger partial charge on any atom is -0.497 e. The molecule has 7 nitrogen and oxygen atoms in total. The number of methoxy groups -OCH3 is 2. The second-order valence-electron chi connectivity index (χ2n) is 7.22. The summed E-state index contributed by atoms with van der Waals surface area (Å²) in [5.41, 5.74) is 3.26. The number of benzene rings is 3. The van der Waals surface area contributed by atoms with Crippen molar-refractivity contribution in [2.24, 2.45) is 0 Å². The molecule has 0 saturated carbocycles. The number of aromatic nitrogens is 3. The van der Waals surface area contributed by atoms with Crippen LogP contribution in [0.5, 0.6) is 11.5 Å². The van der Waals surface area contributed by atoms with Gasteiger partial charge in [-0.25, -0.2) is 0 Å². The summed E-state index contributed by atoms with van der Waals surface area (Å²) < 4.78 is 11.8. The lowest BCUT2D eigenvalue weighted by atomic mass is 10.1. The molecule has 0 unspecified atom stereocenters. The van der Waals surface area contributed by atoms with Crippen LogP contribution in [0.4, 0.5) is 5.95 Å². The van der Waals surface area contributed by atoms with Crippen molar-refractivity contribution in [3.63, 3.8) is 0 Å². The molecular formula is C25H24N4O3. The monoisotopic (exact) mass is 428 g/mol. The minimum atomic E-state index is -0.243. The molecule has 32 heavy (non-hydrogen) atoms. The summed E-state index contributed by atoms with van der Waals surface area (Å²) in [7, 11) is 3.25. The van der Waals surface area contributed by atoms with Crippen LogP contribution in [-0.4, -0.2) is 34.9 Å². The Labute approximate surface area is 186 Å². The number of hydrogen-bond acceptors (Lipinski definition) is 6. The second kappa shape index (κ2) is 9.34. The molecule has 1 heterocycles. The van der Waals surface area contributed by atoms with Gasteiger partial charge in [0.2, 0.25) is 5.95 Å². The van der Waals surface area contributed by atoms with E-state index in [-0.39, 0.29) is 5.91 Å². The lowest BCUT2D eigenvalue weighted by molar-refractivity contribution is 0.0947. The van der Waals surface area contributed by atoms with E-state index in [9.17, 15) is 4.79 Å². The first-order valence-corrected chi connectivity index (χ1v) is 10.2. The van der Waals surface area contributed by atoms with Gasteiger partial charge in [-0.2, -0.15) is 9.67 Å². The number of nitrogens with zero attached hydrogens (tertiary/aromatic N) is 3. The maximum absolute atomic E-state index is 13.3. The maximum Gasteiger partial charge on any atom is 0.281 e. The summed E-state index contributed by atoms with van der Waals surface area (Å²) in [6, 6.07) is 22.5. The van der Waals surface area contributed by atoms with Gasteiger partial charge in [0.25, 0.3) is 5.91 Å². The van der Waals surface area contributed by atoms with Gasteiger partial charge in [-0.1, -0.05) is 30.3 Å². The Hall–Kier alpha value is -4.13. The average molecular weight is 428 g/mol. The predicted octanol–water partition coefficient (Wildman–Crippen LogP) is 4.57.